The maximum Gasteiger partial charge on any atom is 0.251 e. The maximum atomic E-state index is 12.6. The third kappa shape index (κ3) is 3.60. The van der Waals surface area contributed by atoms with E-state index in [-0.39, 0.29) is 11.8 Å². The molecule has 0 saturated carbocycles. The fourth-order valence-corrected chi connectivity index (χ4v) is 3.26. The minimum absolute atomic E-state index is 0.0659. The summed E-state index contributed by atoms with van der Waals surface area (Å²) < 4.78 is 11.3. The van der Waals surface area contributed by atoms with Crippen LogP contribution in [0.25, 0.3) is 0 Å². The normalized spacial score (nSPS) is 20.8. The van der Waals surface area contributed by atoms with Crippen molar-refractivity contribution in [2.45, 2.75) is 38.5 Å². The Kier molecular flexibility index (Phi) is 4.87. The molecule has 0 bridgehead atoms. The lowest BCUT2D eigenvalue weighted by Crippen LogP contribution is -2.52. The Labute approximate surface area is 142 Å². The largest absolute Gasteiger partial charge is 0.347 e. The van der Waals surface area contributed by atoms with Crippen LogP contribution in [0.15, 0.2) is 24.3 Å². The summed E-state index contributed by atoms with van der Waals surface area (Å²) in [5, 5.41) is 2.79. The van der Waals surface area contributed by atoms with Gasteiger partial charge in [0.15, 0.2) is 5.79 Å². The van der Waals surface area contributed by atoms with Gasteiger partial charge in [0.1, 0.15) is 6.04 Å². The number of rotatable bonds is 3. The van der Waals surface area contributed by atoms with Gasteiger partial charge in [0.2, 0.25) is 5.91 Å². The molecule has 1 aromatic rings. The molecule has 2 aliphatic rings. The van der Waals surface area contributed by atoms with E-state index in [1.165, 1.54) is 0 Å². The van der Waals surface area contributed by atoms with Crippen molar-refractivity contribution in [2.24, 2.45) is 0 Å². The van der Waals surface area contributed by atoms with Gasteiger partial charge in [-0.1, -0.05) is 17.7 Å². The van der Waals surface area contributed by atoms with E-state index in [9.17, 15) is 9.59 Å². The van der Waals surface area contributed by atoms with Crippen molar-refractivity contribution in [1.82, 2.24) is 10.2 Å². The molecule has 3 rings (SSSR count). The Morgan fingerprint density at radius 3 is 2.50 bits per heavy atom. The maximum absolute atomic E-state index is 12.6. The van der Waals surface area contributed by atoms with Crippen LogP contribution >= 0.6 is 0 Å². The zero-order chi connectivity index (χ0) is 17.2. The molecule has 1 atom stereocenters. The first-order valence-electron chi connectivity index (χ1n) is 8.43. The highest BCUT2D eigenvalue weighted by molar-refractivity contribution is 5.97. The first kappa shape index (κ1) is 16.9. The lowest BCUT2D eigenvalue weighted by Gasteiger charge is -2.38. The lowest BCUT2D eigenvalue weighted by atomic mass is 10.0. The van der Waals surface area contributed by atoms with Crippen molar-refractivity contribution in [2.75, 3.05) is 26.3 Å². The highest BCUT2D eigenvalue weighted by atomic mass is 16.7. The van der Waals surface area contributed by atoms with Crippen molar-refractivity contribution >= 4 is 11.8 Å². The van der Waals surface area contributed by atoms with Gasteiger partial charge in [0.05, 0.1) is 13.2 Å². The number of hydrogen-bond acceptors (Lipinski definition) is 4. The number of carbonyl (C=O) groups excluding carboxylic acids is 2. The topological polar surface area (TPSA) is 67.9 Å². The average Bonchev–Trinajstić information content (AvgIpc) is 3.03. The predicted octanol–water partition coefficient (Wildman–Crippen LogP) is 1.48. The molecule has 2 aliphatic heterocycles. The van der Waals surface area contributed by atoms with Gasteiger partial charge < -0.3 is 19.7 Å². The summed E-state index contributed by atoms with van der Waals surface area (Å²) in [6.07, 6.45) is 1.36. The highest BCUT2D eigenvalue weighted by Gasteiger charge is 2.41. The smallest absolute Gasteiger partial charge is 0.251 e. The lowest BCUT2D eigenvalue weighted by molar-refractivity contribution is -0.187. The third-order valence-corrected chi connectivity index (χ3v) is 4.65. The third-order valence-electron chi connectivity index (χ3n) is 4.65. The second-order valence-corrected chi connectivity index (χ2v) is 6.50. The number of hydrogen-bond donors (Lipinski definition) is 1. The quantitative estimate of drug-likeness (QED) is 0.910. The van der Waals surface area contributed by atoms with Gasteiger partial charge in [-0.15, -0.1) is 0 Å². The number of nitrogens with one attached hydrogen (secondary N) is 1. The Morgan fingerprint density at radius 1 is 1.21 bits per heavy atom. The van der Waals surface area contributed by atoms with Crippen LogP contribution in [0.3, 0.4) is 0 Å². The van der Waals surface area contributed by atoms with Crippen molar-refractivity contribution < 1.29 is 19.1 Å². The number of nitrogens with zero attached hydrogens (tertiary/aromatic N) is 1. The summed E-state index contributed by atoms with van der Waals surface area (Å²) in [7, 11) is 0. The molecule has 0 aliphatic carbocycles. The van der Waals surface area contributed by atoms with Crippen molar-refractivity contribution in [1.29, 1.82) is 0 Å². The minimum atomic E-state index is -0.558. The fourth-order valence-electron chi connectivity index (χ4n) is 3.26. The number of carbonyl (C=O) groups is 2. The zero-order valence-electron chi connectivity index (χ0n) is 14.2. The summed E-state index contributed by atoms with van der Waals surface area (Å²) in [5.74, 6) is -0.787. The summed E-state index contributed by atoms with van der Waals surface area (Å²) in [5.41, 5.74) is 1.58. The van der Waals surface area contributed by atoms with Gasteiger partial charge in [-0.25, -0.2) is 0 Å². The Hall–Kier alpha value is -1.92. The predicted molar refractivity (Wildman–Crippen MR) is 88.6 cm³/mol. The van der Waals surface area contributed by atoms with E-state index in [4.69, 9.17) is 9.47 Å². The molecule has 0 unspecified atom stereocenters. The van der Waals surface area contributed by atoms with Gasteiger partial charge in [0, 0.05) is 31.5 Å². The van der Waals surface area contributed by atoms with Crippen LogP contribution in [0, 0.1) is 6.92 Å². The summed E-state index contributed by atoms with van der Waals surface area (Å²) >= 11 is 0. The standard InChI is InChI=1S/C18H24N2O4/c1-13-4-3-5-15(12-13)16(21)19-14(2)17(22)20-8-6-18(7-9-20)23-10-11-24-18/h3-5,12,14H,6-11H2,1-2H3,(H,19,21)/t14-/m1/s1. The molecule has 6 nitrogen and oxygen atoms in total. The van der Waals surface area contributed by atoms with Crippen molar-refractivity contribution in [3.05, 3.63) is 35.4 Å². The van der Waals surface area contributed by atoms with Crippen LogP contribution in [0.1, 0.15) is 35.7 Å². The Morgan fingerprint density at radius 2 is 1.88 bits per heavy atom. The molecule has 1 spiro atoms. The molecule has 1 aromatic carbocycles. The van der Waals surface area contributed by atoms with Gasteiger partial charge in [-0.2, -0.15) is 0 Å². The fraction of sp³-hybridized carbons (Fsp3) is 0.556. The summed E-state index contributed by atoms with van der Waals surface area (Å²) in [6, 6.07) is 6.77. The Bertz CT molecular complexity index is 615. The molecule has 2 amide bonds. The number of likely N-dealkylation sites (tertiary alicyclic amines) is 1. The molecular weight excluding hydrogens is 308 g/mol. The van der Waals surface area contributed by atoms with E-state index in [0.717, 1.165) is 5.56 Å². The van der Waals surface area contributed by atoms with E-state index < -0.39 is 11.8 Å². The van der Waals surface area contributed by atoms with Crippen molar-refractivity contribution in [3.8, 4) is 0 Å². The van der Waals surface area contributed by atoms with E-state index in [1.807, 2.05) is 25.1 Å². The van der Waals surface area contributed by atoms with E-state index in [1.54, 1.807) is 17.9 Å². The molecule has 2 heterocycles. The molecular formula is C18H24N2O4. The van der Waals surface area contributed by atoms with Gasteiger partial charge in [-0.05, 0) is 26.0 Å². The SMILES string of the molecule is Cc1cccc(C(=O)N[C@H](C)C(=O)N2CCC3(CC2)OCCO3)c1. The number of amides is 2. The van der Waals surface area contributed by atoms with Crippen LogP contribution in [0.2, 0.25) is 0 Å². The minimum Gasteiger partial charge on any atom is -0.347 e. The van der Waals surface area contributed by atoms with E-state index >= 15 is 0 Å². The molecule has 0 radical (unpaired) electrons. The number of aryl methyl sites for hydroxylation is 1. The Balaban J connectivity index is 1.54. The second-order valence-electron chi connectivity index (χ2n) is 6.50. The van der Waals surface area contributed by atoms with Crippen LogP contribution < -0.4 is 5.32 Å². The molecule has 0 aromatic heterocycles. The number of piperidine rings is 1. The van der Waals surface area contributed by atoms with Crippen LogP contribution in [0.5, 0.6) is 0 Å². The molecule has 1 N–H and O–H groups in total. The highest BCUT2D eigenvalue weighted by Crippen LogP contribution is 2.31. The molecule has 2 fully saturated rings. The van der Waals surface area contributed by atoms with Gasteiger partial charge >= 0.3 is 0 Å². The number of benzene rings is 1. The molecule has 6 heteroatoms. The van der Waals surface area contributed by atoms with E-state index in [0.29, 0.717) is 44.7 Å². The summed E-state index contributed by atoms with van der Waals surface area (Å²) in [6.45, 7) is 6.08. The molecule has 130 valence electrons. The first-order valence-corrected chi connectivity index (χ1v) is 8.43. The molecule has 2 saturated heterocycles. The second kappa shape index (κ2) is 6.91. The summed E-state index contributed by atoms with van der Waals surface area (Å²) in [4.78, 5) is 26.6. The first-order chi connectivity index (χ1) is 11.5. The van der Waals surface area contributed by atoms with Crippen LogP contribution in [-0.2, 0) is 14.3 Å². The van der Waals surface area contributed by atoms with Gasteiger partial charge in [-0.3, -0.25) is 9.59 Å². The zero-order valence-corrected chi connectivity index (χ0v) is 14.2. The van der Waals surface area contributed by atoms with E-state index in [2.05, 4.69) is 5.32 Å². The van der Waals surface area contributed by atoms with Crippen LogP contribution in [-0.4, -0.2) is 54.8 Å². The van der Waals surface area contributed by atoms with Crippen molar-refractivity contribution in [3.63, 3.8) is 0 Å². The monoisotopic (exact) mass is 332 g/mol. The van der Waals surface area contributed by atoms with Crippen LogP contribution in [0.4, 0.5) is 0 Å². The van der Waals surface area contributed by atoms with Gasteiger partial charge in [0.25, 0.3) is 5.91 Å². The number of ether oxygens (including phenoxy) is 2. The average molecular weight is 332 g/mol. The molecule has 24 heavy (non-hydrogen) atoms.